The van der Waals surface area contributed by atoms with Gasteiger partial charge in [-0.15, -0.1) is 0 Å². The smallest absolute Gasteiger partial charge is 0.407 e. The normalized spacial score (nSPS) is 12.0. The first-order chi connectivity index (χ1) is 10.0. The van der Waals surface area contributed by atoms with E-state index in [-0.39, 0.29) is 0 Å². The number of rotatable bonds is 4. The summed E-state index contributed by atoms with van der Waals surface area (Å²) in [6.45, 7) is 2.04. The van der Waals surface area contributed by atoms with E-state index in [0.29, 0.717) is 22.5 Å². The van der Waals surface area contributed by atoms with E-state index in [9.17, 15) is 4.79 Å². The van der Waals surface area contributed by atoms with E-state index in [1.165, 1.54) is 0 Å². The SMILES string of the molecule is CCOC(=O)NC(c1ccc(Cl)c(Cl)c1)c1nccn1C. The average Bonchev–Trinajstić information content (AvgIpc) is 2.86. The quantitative estimate of drug-likeness (QED) is 0.934. The summed E-state index contributed by atoms with van der Waals surface area (Å²) in [5.41, 5.74) is 0.770. The number of amides is 1. The number of benzene rings is 1. The molecule has 0 saturated carbocycles. The maximum atomic E-state index is 11.8. The van der Waals surface area contributed by atoms with Crippen LogP contribution < -0.4 is 5.32 Å². The second-order valence-electron chi connectivity index (χ2n) is 4.37. The molecule has 5 nitrogen and oxygen atoms in total. The zero-order valence-corrected chi connectivity index (χ0v) is 13.1. The number of alkyl carbamates (subject to hydrolysis) is 1. The number of hydrogen-bond donors (Lipinski definition) is 1. The Hall–Kier alpha value is -1.72. The molecule has 0 bridgehead atoms. The Kier molecular flexibility index (Phi) is 5.09. The van der Waals surface area contributed by atoms with Gasteiger partial charge in [-0.3, -0.25) is 0 Å². The maximum absolute atomic E-state index is 11.8. The number of nitrogens with zero attached hydrogens (tertiary/aromatic N) is 2. The molecule has 2 aromatic rings. The molecule has 0 aliphatic carbocycles. The van der Waals surface area contributed by atoms with Crippen LogP contribution in [-0.4, -0.2) is 22.3 Å². The Bertz CT molecular complexity index is 643. The van der Waals surface area contributed by atoms with Gasteiger partial charge in [0.2, 0.25) is 0 Å². The summed E-state index contributed by atoms with van der Waals surface area (Å²) in [5, 5.41) is 3.65. The first-order valence-corrected chi connectivity index (χ1v) is 7.14. The highest BCUT2D eigenvalue weighted by Crippen LogP contribution is 2.28. The highest BCUT2D eigenvalue weighted by molar-refractivity contribution is 6.42. The zero-order valence-electron chi connectivity index (χ0n) is 11.6. The first kappa shape index (κ1) is 15.7. The maximum Gasteiger partial charge on any atom is 0.407 e. The van der Waals surface area contributed by atoms with Gasteiger partial charge in [-0.05, 0) is 24.6 Å². The van der Waals surface area contributed by atoms with Crippen molar-refractivity contribution in [2.45, 2.75) is 13.0 Å². The monoisotopic (exact) mass is 327 g/mol. The molecule has 2 rings (SSSR count). The van der Waals surface area contributed by atoms with Crippen molar-refractivity contribution in [1.29, 1.82) is 0 Å². The number of ether oxygens (including phenoxy) is 1. The molecule has 1 atom stereocenters. The van der Waals surface area contributed by atoms with Crippen molar-refractivity contribution < 1.29 is 9.53 Å². The summed E-state index contributed by atoms with van der Waals surface area (Å²) < 4.78 is 6.76. The average molecular weight is 328 g/mol. The van der Waals surface area contributed by atoms with Crippen molar-refractivity contribution in [2.75, 3.05) is 6.61 Å². The summed E-state index contributed by atoms with van der Waals surface area (Å²) in [6, 6.07) is 4.70. The molecular formula is C14H15Cl2N3O2. The van der Waals surface area contributed by atoms with Gasteiger partial charge in [0.25, 0.3) is 0 Å². The van der Waals surface area contributed by atoms with Crippen LogP contribution in [-0.2, 0) is 11.8 Å². The first-order valence-electron chi connectivity index (χ1n) is 6.38. The molecule has 1 aromatic carbocycles. The predicted molar refractivity (Wildman–Crippen MR) is 81.7 cm³/mol. The summed E-state index contributed by atoms with van der Waals surface area (Å²) in [6.07, 6.45) is 2.94. The number of carbonyl (C=O) groups excluding carboxylic acids is 1. The van der Waals surface area contributed by atoms with E-state index < -0.39 is 12.1 Å². The van der Waals surface area contributed by atoms with Gasteiger partial charge in [0.1, 0.15) is 11.9 Å². The van der Waals surface area contributed by atoms with Crippen LogP contribution in [0.1, 0.15) is 24.4 Å². The molecule has 1 aromatic heterocycles. The number of aryl methyl sites for hydroxylation is 1. The van der Waals surface area contributed by atoms with Gasteiger partial charge in [0.15, 0.2) is 0 Å². The second-order valence-corrected chi connectivity index (χ2v) is 5.18. The van der Waals surface area contributed by atoms with Crippen molar-refractivity contribution in [3.63, 3.8) is 0 Å². The Morgan fingerprint density at radius 3 is 2.76 bits per heavy atom. The third-order valence-corrected chi connectivity index (χ3v) is 3.67. The van der Waals surface area contributed by atoms with Gasteiger partial charge in [-0.25, -0.2) is 9.78 Å². The number of carbonyl (C=O) groups is 1. The van der Waals surface area contributed by atoms with Gasteiger partial charge in [-0.1, -0.05) is 29.3 Å². The Morgan fingerprint density at radius 2 is 2.19 bits per heavy atom. The zero-order chi connectivity index (χ0) is 15.4. The highest BCUT2D eigenvalue weighted by Gasteiger charge is 2.22. The van der Waals surface area contributed by atoms with E-state index in [0.717, 1.165) is 5.56 Å². The van der Waals surface area contributed by atoms with Crippen molar-refractivity contribution in [3.05, 3.63) is 52.0 Å². The van der Waals surface area contributed by atoms with Crippen molar-refractivity contribution in [1.82, 2.24) is 14.9 Å². The summed E-state index contributed by atoms with van der Waals surface area (Å²) in [7, 11) is 1.85. The van der Waals surface area contributed by atoms with E-state index in [1.807, 2.05) is 11.6 Å². The lowest BCUT2D eigenvalue weighted by Crippen LogP contribution is -2.31. The van der Waals surface area contributed by atoms with E-state index in [4.69, 9.17) is 27.9 Å². The van der Waals surface area contributed by atoms with Gasteiger partial charge in [0.05, 0.1) is 16.7 Å². The fraction of sp³-hybridized carbons (Fsp3) is 0.286. The second kappa shape index (κ2) is 6.83. The molecule has 1 heterocycles. The molecule has 21 heavy (non-hydrogen) atoms. The number of hydrogen-bond acceptors (Lipinski definition) is 3. The van der Waals surface area contributed by atoms with Crippen molar-refractivity contribution >= 4 is 29.3 Å². The van der Waals surface area contributed by atoms with E-state index in [1.54, 1.807) is 37.5 Å². The van der Waals surface area contributed by atoms with E-state index in [2.05, 4.69) is 10.3 Å². The van der Waals surface area contributed by atoms with Crippen LogP contribution in [0.3, 0.4) is 0 Å². The molecule has 0 radical (unpaired) electrons. The molecule has 7 heteroatoms. The lowest BCUT2D eigenvalue weighted by molar-refractivity contribution is 0.149. The summed E-state index contributed by atoms with van der Waals surface area (Å²) >= 11 is 12.0. The molecule has 0 spiro atoms. The molecule has 1 amide bonds. The largest absolute Gasteiger partial charge is 0.450 e. The minimum atomic E-state index is -0.517. The highest BCUT2D eigenvalue weighted by atomic mass is 35.5. The predicted octanol–water partition coefficient (Wildman–Crippen LogP) is 3.56. The van der Waals surface area contributed by atoms with Gasteiger partial charge >= 0.3 is 6.09 Å². The lowest BCUT2D eigenvalue weighted by atomic mass is 10.1. The number of halogens is 2. The van der Waals surface area contributed by atoms with Crippen LogP contribution in [0.15, 0.2) is 30.6 Å². The Labute approximate surface area is 132 Å². The number of aromatic nitrogens is 2. The van der Waals surface area contributed by atoms with Crippen LogP contribution in [0.25, 0.3) is 0 Å². The van der Waals surface area contributed by atoms with Crippen LogP contribution >= 0.6 is 23.2 Å². The number of nitrogens with one attached hydrogen (secondary N) is 1. The van der Waals surface area contributed by atoms with Crippen LogP contribution in [0, 0.1) is 0 Å². The molecule has 0 aliphatic rings. The van der Waals surface area contributed by atoms with E-state index >= 15 is 0 Å². The standard InChI is InChI=1S/C14H15Cl2N3O2/c1-3-21-14(20)18-12(13-17-6-7-19(13)2)9-4-5-10(15)11(16)8-9/h4-8,12H,3H2,1-2H3,(H,18,20). The minimum Gasteiger partial charge on any atom is -0.450 e. The fourth-order valence-corrected chi connectivity index (χ4v) is 2.24. The van der Waals surface area contributed by atoms with Crippen LogP contribution in [0.2, 0.25) is 10.0 Å². The van der Waals surface area contributed by atoms with Gasteiger partial charge in [0, 0.05) is 19.4 Å². The molecule has 0 saturated heterocycles. The third kappa shape index (κ3) is 3.68. The van der Waals surface area contributed by atoms with Crippen LogP contribution in [0.5, 0.6) is 0 Å². The number of imidazole rings is 1. The summed E-state index contributed by atoms with van der Waals surface area (Å²) in [4.78, 5) is 16.0. The fourth-order valence-electron chi connectivity index (χ4n) is 1.93. The van der Waals surface area contributed by atoms with Gasteiger partial charge in [-0.2, -0.15) is 0 Å². The Morgan fingerprint density at radius 1 is 1.43 bits per heavy atom. The minimum absolute atomic E-state index is 0.292. The molecule has 112 valence electrons. The summed E-state index contributed by atoms with van der Waals surface area (Å²) in [5.74, 6) is 0.668. The molecule has 1 unspecified atom stereocenters. The lowest BCUT2D eigenvalue weighted by Gasteiger charge is -2.19. The molecular weight excluding hydrogens is 313 g/mol. The third-order valence-electron chi connectivity index (χ3n) is 2.93. The van der Waals surface area contributed by atoms with Crippen LogP contribution in [0.4, 0.5) is 4.79 Å². The van der Waals surface area contributed by atoms with Crippen molar-refractivity contribution in [2.24, 2.45) is 7.05 Å². The van der Waals surface area contributed by atoms with Gasteiger partial charge < -0.3 is 14.6 Å². The topological polar surface area (TPSA) is 56.1 Å². The van der Waals surface area contributed by atoms with Crippen molar-refractivity contribution in [3.8, 4) is 0 Å². The molecule has 0 fully saturated rings. The molecule has 1 N–H and O–H groups in total. The molecule has 0 aliphatic heterocycles. The Balaban J connectivity index is 2.38.